The fraction of sp³-hybridized carbons (Fsp3) is 0.429. The zero-order valence-electron chi connectivity index (χ0n) is 11.6. The molecule has 0 spiro atoms. The summed E-state index contributed by atoms with van der Waals surface area (Å²) in [7, 11) is 0. The second-order valence-corrected chi connectivity index (χ2v) is 4.70. The van der Waals surface area contributed by atoms with Gasteiger partial charge in [0.25, 0.3) is 0 Å². The molecule has 1 amide bonds. The number of nitrogens with zero attached hydrogens (tertiary/aromatic N) is 1. The number of alkyl halides is 2. The van der Waals surface area contributed by atoms with E-state index >= 15 is 0 Å². The molecule has 8 heteroatoms. The van der Waals surface area contributed by atoms with Crippen LogP contribution in [-0.2, 0) is 20.7 Å². The highest BCUT2D eigenvalue weighted by Gasteiger charge is 2.29. The van der Waals surface area contributed by atoms with Crippen molar-refractivity contribution in [1.82, 2.24) is 4.90 Å². The predicted octanol–water partition coefficient (Wildman–Crippen LogP) is 1.14. The van der Waals surface area contributed by atoms with Crippen LogP contribution < -0.4 is 4.74 Å². The maximum Gasteiger partial charge on any atom is 0.387 e. The number of halogens is 2. The Hall–Kier alpha value is -2.22. The topological polar surface area (TPSA) is 76.1 Å². The van der Waals surface area contributed by atoms with Gasteiger partial charge in [0, 0.05) is 12.1 Å². The summed E-state index contributed by atoms with van der Waals surface area (Å²) >= 11 is 0. The molecule has 1 heterocycles. The Balaban J connectivity index is 2.04. The van der Waals surface area contributed by atoms with Gasteiger partial charge in [-0.2, -0.15) is 8.78 Å². The van der Waals surface area contributed by atoms with E-state index in [2.05, 4.69) is 4.74 Å². The van der Waals surface area contributed by atoms with Crippen LogP contribution in [-0.4, -0.2) is 54.3 Å². The van der Waals surface area contributed by atoms with Crippen LogP contribution in [0.25, 0.3) is 0 Å². The van der Waals surface area contributed by atoms with Crippen molar-refractivity contribution in [3.63, 3.8) is 0 Å². The van der Waals surface area contributed by atoms with Gasteiger partial charge in [0.2, 0.25) is 5.91 Å². The fourth-order valence-corrected chi connectivity index (χ4v) is 2.16. The highest BCUT2D eigenvalue weighted by molar-refractivity contribution is 5.81. The summed E-state index contributed by atoms with van der Waals surface area (Å²) in [6.45, 7) is -2.65. The van der Waals surface area contributed by atoms with Crippen molar-refractivity contribution in [2.24, 2.45) is 0 Å². The Morgan fingerprint density at radius 1 is 1.41 bits per heavy atom. The van der Waals surface area contributed by atoms with E-state index in [1.807, 2.05) is 0 Å². The predicted molar refractivity (Wildman–Crippen MR) is 70.7 cm³/mol. The van der Waals surface area contributed by atoms with Gasteiger partial charge >= 0.3 is 12.6 Å². The molecule has 0 saturated carbocycles. The molecule has 1 fully saturated rings. The van der Waals surface area contributed by atoms with Gasteiger partial charge in [-0.15, -0.1) is 0 Å². The van der Waals surface area contributed by atoms with Crippen LogP contribution in [0.5, 0.6) is 5.75 Å². The molecule has 22 heavy (non-hydrogen) atoms. The lowest BCUT2D eigenvalue weighted by atomic mass is 10.1. The van der Waals surface area contributed by atoms with Crippen LogP contribution in [0.15, 0.2) is 24.3 Å². The van der Waals surface area contributed by atoms with Crippen molar-refractivity contribution >= 4 is 11.9 Å². The third-order valence-electron chi connectivity index (χ3n) is 3.22. The maximum absolute atomic E-state index is 12.3. The Kier molecular flexibility index (Phi) is 5.26. The number of aliphatic carboxylic acids is 1. The zero-order valence-corrected chi connectivity index (χ0v) is 11.6. The SMILES string of the molecule is O=C(O)C1CN(C(=O)Cc2ccccc2OC(F)F)CCO1. The fourth-order valence-electron chi connectivity index (χ4n) is 2.16. The molecule has 1 aromatic rings. The number of hydrogen-bond donors (Lipinski definition) is 1. The molecular weight excluding hydrogens is 300 g/mol. The number of carbonyl (C=O) groups excluding carboxylic acids is 1. The summed E-state index contributed by atoms with van der Waals surface area (Å²) in [6.07, 6.45) is -1.21. The van der Waals surface area contributed by atoms with Gasteiger partial charge in [-0.3, -0.25) is 4.79 Å². The van der Waals surface area contributed by atoms with Crippen molar-refractivity contribution in [3.05, 3.63) is 29.8 Å². The summed E-state index contributed by atoms with van der Waals surface area (Å²) in [4.78, 5) is 24.4. The minimum Gasteiger partial charge on any atom is -0.479 e. The molecule has 0 aromatic heterocycles. The quantitative estimate of drug-likeness (QED) is 0.882. The van der Waals surface area contributed by atoms with Crippen molar-refractivity contribution in [2.75, 3.05) is 19.7 Å². The minimum absolute atomic E-state index is 0.0612. The second kappa shape index (κ2) is 7.17. The van der Waals surface area contributed by atoms with E-state index in [1.165, 1.54) is 23.1 Å². The Bertz CT molecular complexity index is 552. The van der Waals surface area contributed by atoms with Crippen LogP contribution in [0.4, 0.5) is 8.78 Å². The first-order valence-electron chi connectivity index (χ1n) is 6.62. The number of para-hydroxylation sites is 1. The molecule has 0 radical (unpaired) electrons. The van der Waals surface area contributed by atoms with Crippen LogP contribution in [0.2, 0.25) is 0 Å². The lowest BCUT2D eigenvalue weighted by Crippen LogP contribution is -2.49. The number of carboxylic acids is 1. The first-order valence-corrected chi connectivity index (χ1v) is 6.62. The molecule has 2 rings (SSSR count). The summed E-state index contributed by atoms with van der Waals surface area (Å²) in [5.74, 6) is -1.56. The molecule has 1 N–H and O–H groups in total. The summed E-state index contributed by atoms with van der Waals surface area (Å²) in [5, 5.41) is 8.90. The van der Waals surface area contributed by atoms with Gasteiger partial charge in [-0.25, -0.2) is 4.79 Å². The molecule has 1 unspecified atom stereocenters. The van der Waals surface area contributed by atoms with E-state index in [4.69, 9.17) is 9.84 Å². The van der Waals surface area contributed by atoms with E-state index in [-0.39, 0.29) is 37.8 Å². The van der Waals surface area contributed by atoms with E-state index in [9.17, 15) is 18.4 Å². The normalized spacial score (nSPS) is 18.3. The molecule has 1 aromatic carbocycles. The monoisotopic (exact) mass is 315 g/mol. The molecule has 6 nitrogen and oxygen atoms in total. The van der Waals surface area contributed by atoms with Gasteiger partial charge < -0.3 is 19.5 Å². The molecular formula is C14H15F2NO5. The highest BCUT2D eigenvalue weighted by Crippen LogP contribution is 2.21. The van der Waals surface area contributed by atoms with E-state index < -0.39 is 18.7 Å². The van der Waals surface area contributed by atoms with E-state index in [0.29, 0.717) is 5.56 Å². The summed E-state index contributed by atoms with van der Waals surface area (Å²) < 4.78 is 34.1. The number of carbonyl (C=O) groups is 2. The average Bonchev–Trinajstić information content (AvgIpc) is 2.49. The molecule has 1 aliphatic rings. The first kappa shape index (κ1) is 16.2. The maximum atomic E-state index is 12.3. The minimum atomic E-state index is -2.98. The number of ether oxygens (including phenoxy) is 2. The number of benzene rings is 1. The van der Waals surface area contributed by atoms with Crippen LogP contribution in [0, 0.1) is 0 Å². The number of hydrogen-bond acceptors (Lipinski definition) is 4. The van der Waals surface area contributed by atoms with Crippen LogP contribution in [0.1, 0.15) is 5.56 Å². The molecule has 0 aliphatic carbocycles. The zero-order chi connectivity index (χ0) is 16.1. The Morgan fingerprint density at radius 2 is 2.14 bits per heavy atom. The van der Waals surface area contributed by atoms with Crippen molar-refractivity contribution in [1.29, 1.82) is 0 Å². The summed E-state index contributed by atoms with van der Waals surface area (Å²) in [6, 6.07) is 6.01. The van der Waals surface area contributed by atoms with Gasteiger partial charge in [-0.1, -0.05) is 18.2 Å². The smallest absolute Gasteiger partial charge is 0.387 e. The summed E-state index contributed by atoms with van der Waals surface area (Å²) in [5.41, 5.74) is 0.325. The molecule has 1 atom stereocenters. The molecule has 0 bridgehead atoms. The standard InChI is InChI=1S/C14H15F2NO5/c15-14(16)22-10-4-2-1-3-9(10)7-12(18)17-5-6-21-11(8-17)13(19)20/h1-4,11,14H,5-8H2,(H,19,20). The molecule has 1 saturated heterocycles. The Morgan fingerprint density at radius 3 is 2.82 bits per heavy atom. The lowest BCUT2D eigenvalue weighted by molar-refractivity contribution is -0.159. The van der Waals surface area contributed by atoms with Gasteiger partial charge in [-0.05, 0) is 6.07 Å². The third-order valence-corrected chi connectivity index (χ3v) is 3.22. The van der Waals surface area contributed by atoms with Gasteiger partial charge in [0.1, 0.15) is 5.75 Å². The molecule has 120 valence electrons. The lowest BCUT2D eigenvalue weighted by Gasteiger charge is -2.31. The third kappa shape index (κ3) is 4.14. The van der Waals surface area contributed by atoms with E-state index in [1.54, 1.807) is 6.07 Å². The van der Waals surface area contributed by atoms with E-state index in [0.717, 1.165) is 0 Å². The van der Waals surface area contributed by atoms with Crippen molar-refractivity contribution in [2.45, 2.75) is 19.1 Å². The van der Waals surface area contributed by atoms with Crippen molar-refractivity contribution < 1.29 is 33.0 Å². The van der Waals surface area contributed by atoms with Crippen LogP contribution in [0.3, 0.4) is 0 Å². The molecule has 1 aliphatic heterocycles. The largest absolute Gasteiger partial charge is 0.479 e. The van der Waals surface area contributed by atoms with Crippen molar-refractivity contribution in [3.8, 4) is 5.75 Å². The van der Waals surface area contributed by atoms with Gasteiger partial charge in [0.05, 0.1) is 19.6 Å². The number of rotatable bonds is 5. The van der Waals surface area contributed by atoms with Crippen LogP contribution >= 0.6 is 0 Å². The van der Waals surface area contributed by atoms with Gasteiger partial charge in [0.15, 0.2) is 6.10 Å². The Labute approximate surface area is 125 Å². The highest BCUT2D eigenvalue weighted by atomic mass is 19.3. The second-order valence-electron chi connectivity index (χ2n) is 4.70. The number of amides is 1. The average molecular weight is 315 g/mol. The number of carboxylic acid groups (broad SMARTS) is 1. The first-order chi connectivity index (χ1) is 10.5. The number of morpholine rings is 1.